The van der Waals surface area contributed by atoms with Crippen LogP contribution in [0.2, 0.25) is 0 Å². The average molecular weight is 473 g/mol. The minimum atomic E-state index is -0.206. The van der Waals surface area contributed by atoms with Crippen LogP contribution >= 0.6 is 23.1 Å². The van der Waals surface area contributed by atoms with Crippen LogP contribution in [0.15, 0.2) is 83.3 Å². The second-order valence-corrected chi connectivity index (χ2v) is 9.15. The lowest BCUT2D eigenvalue weighted by Crippen LogP contribution is -2.23. The molecule has 2 aromatic heterocycles. The van der Waals surface area contributed by atoms with E-state index in [-0.39, 0.29) is 17.2 Å². The number of aromatic nitrogens is 2. The Bertz CT molecular complexity index is 1400. The van der Waals surface area contributed by atoms with Gasteiger partial charge in [-0.1, -0.05) is 60.3 Å². The summed E-state index contributed by atoms with van der Waals surface area (Å²) in [5.41, 5.74) is 3.06. The maximum absolute atomic E-state index is 13.2. The van der Waals surface area contributed by atoms with Crippen LogP contribution in [0.5, 0.6) is 0 Å². The van der Waals surface area contributed by atoms with Crippen molar-refractivity contribution < 1.29 is 4.79 Å². The summed E-state index contributed by atoms with van der Waals surface area (Å²) >= 11 is 2.63. The fourth-order valence-electron chi connectivity index (χ4n) is 3.26. The molecule has 1 amide bonds. The molecule has 1 N–H and O–H groups in total. The van der Waals surface area contributed by atoms with Gasteiger partial charge in [0.2, 0.25) is 5.91 Å². The van der Waals surface area contributed by atoms with E-state index in [1.807, 2.05) is 48.5 Å². The van der Waals surface area contributed by atoms with Gasteiger partial charge in [-0.05, 0) is 29.3 Å². The van der Waals surface area contributed by atoms with Gasteiger partial charge >= 0.3 is 0 Å². The lowest BCUT2D eigenvalue weighted by atomic mass is 10.1. The molecule has 6 nitrogen and oxygen atoms in total. The average Bonchev–Trinajstić information content (AvgIpc) is 3.26. The second-order valence-electron chi connectivity index (χ2n) is 7.16. The van der Waals surface area contributed by atoms with Gasteiger partial charge < -0.3 is 5.32 Å². The molecule has 0 spiro atoms. The lowest BCUT2D eigenvalue weighted by molar-refractivity contribution is -0.113. The summed E-state index contributed by atoms with van der Waals surface area (Å²) in [5.74, 6) is -0.104. The predicted molar refractivity (Wildman–Crippen MR) is 135 cm³/mol. The summed E-state index contributed by atoms with van der Waals surface area (Å²) < 4.78 is 2.14. The topological polar surface area (TPSA) is 87.8 Å². The molecule has 0 atom stereocenters. The van der Waals surface area contributed by atoms with Gasteiger partial charge in [0.25, 0.3) is 5.56 Å². The maximum atomic E-state index is 13.2. The molecule has 0 radical (unpaired) electrons. The monoisotopic (exact) mass is 472 g/mol. The van der Waals surface area contributed by atoms with E-state index >= 15 is 0 Å². The number of benzene rings is 2. The largest absolute Gasteiger partial charge is 0.325 e. The third kappa shape index (κ3) is 5.22. The number of carbonyl (C=O) groups excluding carboxylic acids is 1. The molecule has 0 aliphatic rings. The van der Waals surface area contributed by atoms with Gasteiger partial charge in [0.15, 0.2) is 5.16 Å². The molecule has 2 aromatic carbocycles. The summed E-state index contributed by atoms with van der Waals surface area (Å²) in [6, 6.07) is 21.0. The first-order valence-corrected chi connectivity index (χ1v) is 12.0. The highest BCUT2D eigenvalue weighted by Gasteiger charge is 2.16. The van der Waals surface area contributed by atoms with E-state index in [2.05, 4.69) is 22.9 Å². The van der Waals surface area contributed by atoms with Crippen molar-refractivity contribution in [1.82, 2.24) is 9.55 Å². The third-order valence-corrected chi connectivity index (χ3v) is 6.96. The number of thioether (sulfide) groups is 1. The van der Waals surface area contributed by atoms with Crippen molar-refractivity contribution in [3.8, 4) is 16.5 Å². The molecule has 4 aromatic rings. The Labute approximate surface area is 199 Å². The molecule has 33 heavy (non-hydrogen) atoms. The van der Waals surface area contributed by atoms with Crippen LogP contribution in [0, 0.1) is 11.3 Å². The number of rotatable bonds is 8. The number of anilines is 1. The number of fused-ring (bicyclic) bond motifs is 1. The number of hydrogen-bond donors (Lipinski definition) is 1. The van der Waals surface area contributed by atoms with E-state index in [1.54, 1.807) is 22.8 Å². The van der Waals surface area contributed by atoms with Crippen molar-refractivity contribution in [2.45, 2.75) is 18.1 Å². The summed E-state index contributed by atoms with van der Waals surface area (Å²) in [6.45, 7) is 4.06. The number of allylic oxidation sites excluding steroid dienone is 1. The molecule has 0 fully saturated rings. The SMILES string of the molecule is C=CCn1c(SCC(=O)Nc2ccc(CC#N)cc2)nc2cc(-c3ccccc3)sc2c1=O. The minimum absolute atomic E-state index is 0.102. The van der Waals surface area contributed by atoms with Crippen LogP contribution in [0.25, 0.3) is 20.7 Å². The highest BCUT2D eigenvalue weighted by molar-refractivity contribution is 7.99. The van der Waals surface area contributed by atoms with Gasteiger partial charge in [0, 0.05) is 17.1 Å². The van der Waals surface area contributed by atoms with E-state index in [1.165, 1.54) is 23.1 Å². The van der Waals surface area contributed by atoms with Gasteiger partial charge in [-0.15, -0.1) is 17.9 Å². The fourth-order valence-corrected chi connectivity index (χ4v) is 5.12. The van der Waals surface area contributed by atoms with Crippen molar-refractivity contribution in [1.29, 1.82) is 5.26 Å². The highest BCUT2D eigenvalue weighted by atomic mass is 32.2. The van der Waals surface area contributed by atoms with Gasteiger partial charge in [0.1, 0.15) is 4.70 Å². The van der Waals surface area contributed by atoms with E-state index in [0.717, 1.165) is 16.0 Å². The van der Waals surface area contributed by atoms with Crippen LogP contribution in [-0.2, 0) is 17.8 Å². The molecule has 0 aliphatic heterocycles. The molecule has 0 saturated carbocycles. The Hall–Kier alpha value is -3.67. The number of amides is 1. The number of carbonyl (C=O) groups is 1. The van der Waals surface area contributed by atoms with Crippen LogP contribution < -0.4 is 10.9 Å². The Morgan fingerprint density at radius 1 is 1.21 bits per heavy atom. The van der Waals surface area contributed by atoms with Gasteiger partial charge in [-0.2, -0.15) is 5.26 Å². The first-order valence-electron chi connectivity index (χ1n) is 10.2. The summed E-state index contributed by atoms with van der Waals surface area (Å²) in [7, 11) is 0. The maximum Gasteiger partial charge on any atom is 0.272 e. The van der Waals surface area contributed by atoms with Crippen molar-refractivity contribution >= 4 is 44.9 Å². The van der Waals surface area contributed by atoms with Crippen molar-refractivity contribution in [2.75, 3.05) is 11.1 Å². The van der Waals surface area contributed by atoms with Crippen LogP contribution in [0.1, 0.15) is 5.56 Å². The third-order valence-electron chi connectivity index (χ3n) is 4.82. The highest BCUT2D eigenvalue weighted by Crippen LogP contribution is 2.32. The number of hydrogen-bond acceptors (Lipinski definition) is 6. The zero-order chi connectivity index (χ0) is 23.2. The molecule has 2 heterocycles. The zero-order valence-electron chi connectivity index (χ0n) is 17.7. The lowest BCUT2D eigenvalue weighted by Gasteiger charge is -2.10. The number of nitrogens with one attached hydrogen (secondary N) is 1. The molecule has 164 valence electrons. The number of nitriles is 1. The standard InChI is InChI=1S/C25H20N4O2S2/c1-2-14-29-24(31)23-20(15-21(33-23)18-6-4-3-5-7-18)28-25(29)32-16-22(30)27-19-10-8-17(9-11-19)12-13-26/h2-11,15H,1,12,14,16H2,(H,27,30). The molecule has 0 bridgehead atoms. The number of thiophene rings is 1. The minimum Gasteiger partial charge on any atom is -0.325 e. The van der Waals surface area contributed by atoms with E-state index in [4.69, 9.17) is 5.26 Å². The smallest absolute Gasteiger partial charge is 0.272 e. The van der Waals surface area contributed by atoms with E-state index < -0.39 is 0 Å². The fraction of sp³-hybridized carbons (Fsp3) is 0.120. The first kappa shape index (κ1) is 22.5. The van der Waals surface area contributed by atoms with E-state index in [0.29, 0.717) is 34.0 Å². The zero-order valence-corrected chi connectivity index (χ0v) is 19.3. The molecule has 8 heteroatoms. The second kappa shape index (κ2) is 10.3. The van der Waals surface area contributed by atoms with Crippen molar-refractivity contribution in [3.63, 3.8) is 0 Å². The normalized spacial score (nSPS) is 10.6. The van der Waals surface area contributed by atoms with Gasteiger partial charge in [-0.25, -0.2) is 4.98 Å². The Kier molecular flexibility index (Phi) is 7.03. The summed E-state index contributed by atoms with van der Waals surface area (Å²) in [4.78, 5) is 31.3. The van der Waals surface area contributed by atoms with E-state index in [9.17, 15) is 9.59 Å². The molecular formula is C25H20N4O2S2. The summed E-state index contributed by atoms with van der Waals surface area (Å²) in [5, 5.41) is 12.1. The Balaban J connectivity index is 1.55. The number of nitrogens with zero attached hydrogens (tertiary/aromatic N) is 3. The molecule has 0 aliphatic carbocycles. The molecular weight excluding hydrogens is 452 g/mol. The van der Waals surface area contributed by atoms with Crippen molar-refractivity contribution in [2.24, 2.45) is 0 Å². The van der Waals surface area contributed by atoms with Crippen LogP contribution in [0.4, 0.5) is 5.69 Å². The van der Waals surface area contributed by atoms with Gasteiger partial charge in [0.05, 0.1) is 23.8 Å². The quantitative estimate of drug-likeness (QED) is 0.219. The molecule has 0 saturated heterocycles. The first-order chi connectivity index (χ1) is 16.1. The molecule has 4 rings (SSSR count). The van der Waals surface area contributed by atoms with Gasteiger partial charge in [-0.3, -0.25) is 14.2 Å². The van der Waals surface area contributed by atoms with Crippen LogP contribution in [-0.4, -0.2) is 21.2 Å². The van der Waals surface area contributed by atoms with Crippen LogP contribution in [0.3, 0.4) is 0 Å². The Morgan fingerprint density at radius 2 is 1.97 bits per heavy atom. The molecule has 0 unspecified atom stereocenters. The van der Waals surface area contributed by atoms with Crippen molar-refractivity contribution in [3.05, 3.63) is 89.2 Å². The Morgan fingerprint density at radius 3 is 2.67 bits per heavy atom. The predicted octanol–water partition coefficient (Wildman–Crippen LogP) is 5.11. The summed E-state index contributed by atoms with van der Waals surface area (Å²) in [6.07, 6.45) is 1.97.